The zero-order valence-electron chi connectivity index (χ0n) is 12.3. The second-order valence-electron chi connectivity index (χ2n) is 5.69. The van der Waals surface area contributed by atoms with E-state index in [9.17, 15) is 0 Å². The Hall–Kier alpha value is -1.29. The maximum absolute atomic E-state index is 5.81. The summed E-state index contributed by atoms with van der Waals surface area (Å²) in [6.45, 7) is 8.34. The predicted molar refractivity (Wildman–Crippen MR) is 78.9 cm³/mol. The summed E-state index contributed by atoms with van der Waals surface area (Å²) in [7, 11) is 2.02. The molecule has 1 N–H and O–H groups in total. The molecule has 1 aromatic heterocycles. The van der Waals surface area contributed by atoms with E-state index < -0.39 is 0 Å². The minimum atomic E-state index is 0.328. The molecule has 2 heterocycles. The topological polar surface area (TPSA) is 37.4 Å². The smallest absolute Gasteiger partial charge is 0.171 e. The quantitative estimate of drug-likeness (QED) is 0.854. The molecule has 0 aliphatic carbocycles. The molecule has 0 aromatic carbocycles. The van der Waals surface area contributed by atoms with Crippen molar-refractivity contribution in [3.63, 3.8) is 0 Å². The third-order valence-corrected chi connectivity index (χ3v) is 3.67. The Kier molecular flexibility index (Phi) is 4.64. The van der Waals surface area contributed by atoms with Gasteiger partial charge in [0.05, 0.1) is 6.61 Å². The number of anilines is 1. The third-order valence-electron chi connectivity index (χ3n) is 3.67. The van der Waals surface area contributed by atoms with Gasteiger partial charge in [-0.15, -0.1) is 0 Å². The monoisotopic (exact) mass is 263 g/mol. The summed E-state index contributed by atoms with van der Waals surface area (Å²) in [6, 6.07) is 3.96. The molecule has 0 spiro atoms. The Morgan fingerprint density at radius 3 is 3.11 bits per heavy atom. The molecule has 1 fully saturated rings. The van der Waals surface area contributed by atoms with Crippen LogP contribution in [0.15, 0.2) is 18.3 Å². The van der Waals surface area contributed by atoms with Crippen LogP contribution >= 0.6 is 0 Å². The number of rotatable bonds is 6. The van der Waals surface area contributed by atoms with Crippen molar-refractivity contribution in [2.24, 2.45) is 5.41 Å². The molecular formula is C15H25N3O. The highest BCUT2D eigenvalue weighted by atomic mass is 16.5. The summed E-state index contributed by atoms with van der Waals surface area (Å²) in [5.41, 5.74) is 0.328. The first-order chi connectivity index (χ1) is 9.18. The van der Waals surface area contributed by atoms with E-state index >= 15 is 0 Å². The van der Waals surface area contributed by atoms with Crippen molar-refractivity contribution in [3.05, 3.63) is 18.3 Å². The Morgan fingerprint density at radius 2 is 2.37 bits per heavy atom. The Bertz CT molecular complexity index is 410. The van der Waals surface area contributed by atoms with Crippen LogP contribution in [0.25, 0.3) is 0 Å². The van der Waals surface area contributed by atoms with Crippen molar-refractivity contribution in [1.29, 1.82) is 0 Å². The second kappa shape index (κ2) is 6.24. The van der Waals surface area contributed by atoms with Gasteiger partial charge >= 0.3 is 0 Å². The number of aromatic nitrogens is 1. The normalized spacial score (nSPS) is 22.8. The van der Waals surface area contributed by atoms with E-state index in [0.717, 1.165) is 44.2 Å². The maximum atomic E-state index is 5.81. The van der Waals surface area contributed by atoms with Crippen molar-refractivity contribution >= 4 is 5.82 Å². The lowest BCUT2D eigenvalue weighted by Gasteiger charge is -2.25. The van der Waals surface area contributed by atoms with Gasteiger partial charge < -0.3 is 15.0 Å². The number of hydrogen-bond acceptors (Lipinski definition) is 4. The molecule has 0 bridgehead atoms. The first-order valence-corrected chi connectivity index (χ1v) is 7.16. The average molecular weight is 263 g/mol. The van der Waals surface area contributed by atoms with Crippen molar-refractivity contribution in [1.82, 2.24) is 10.3 Å². The fourth-order valence-electron chi connectivity index (χ4n) is 2.72. The highest BCUT2D eigenvalue weighted by Gasteiger charge is 2.34. The molecule has 19 heavy (non-hydrogen) atoms. The van der Waals surface area contributed by atoms with Crippen LogP contribution < -0.4 is 15.0 Å². The van der Waals surface area contributed by atoms with E-state index in [0.29, 0.717) is 5.41 Å². The molecule has 106 valence electrons. The van der Waals surface area contributed by atoms with Crippen molar-refractivity contribution in [2.45, 2.75) is 26.7 Å². The molecule has 4 heteroatoms. The van der Waals surface area contributed by atoms with Crippen LogP contribution in [0.2, 0.25) is 0 Å². The first-order valence-electron chi connectivity index (χ1n) is 7.16. The van der Waals surface area contributed by atoms with Gasteiger partial charge in [-0.3, -0.25) is 0 Å². The lowest BCUT2D eigenvalue weighted by Crippen LogP contribution is -2.33. The van der Waals surface area contributed by atoms with E-state index in [2.05, 4.69) is 29.0 Å². The van der Waals surface area contributed by atoms with Crippen molar-refractivity contribution in [2.75, 3.05) is 38.2 Å². The lowest BCUT2D eigenvalue weighted by atomic mass is 9.90. The van der Waals surface area contributed by atoms with Gasteiger partial charge in [0.2, 0.25) is 0 Å². The number of nitrogens with one attached hydrogen (secondary N) is 1. The van der Waals surface area contributed by atoms with Gasteiger partial charge in [-0.1, -0.05) is 13.8 Å². The molecule has 0 amide bonds. The SMILES string of the molecule is CCCOc1cccnc1N1CCC(C)(CNC)C1. The fourth-order valence-corrected chi connectivity index (χ4v) is 2.72. The summed E-state index contributed by atoms with van der Waals surface area (Å²) < 4.78 is 5.81. The van der Waals surface area contributed by atoms with Crippen molar-refractivity contribution in [3.8, 4) is 5.75 Å². The van der Waals surface area contributed by atoms with Gasteiger partial charge in [0.25, 0.3) is 0 Å². The van der Waals surface area contributed by atoms with Crippen LogP contribution in [0.4, 0.5) is 5.82 Å². The van der Waals surface area contributed by atoms with Crippen LogP contribution in [0.1, 0.15) is 26.7 Å². The molecule has 4 nitrogen and oxygen atoms in total. The first kappa shape index (κ1) is 14.1. The summed E-state index contributed by atoms with van der Waals surface area (Å²) in [5.74, 6) is 1.91. The van der Waals surface area contributed by atoms with Crippen LogP contribution in [-0.2, 0) is 0 Å². The predicted octanol–water partition coefficient (Wildman–Crippen LogP) is 2.31. The maximum Gasteiger partial charge on any atom is 0.171 e. The number of pyridine rings is 1. The van der Waals surface area contributed by atoms with Crippen molar-refractivity contribution < 1.29 is 4.74 Å². The van der Waals surface area contributed by atoms with E-state index in [1.54, 1.807) is 0 Å². The molecular weight excluding hydrogens is 238 g/mol. The van der Waals surface area contributed by atoms with Gasteiger partial charge in [0.1, 0.15) is 0 Å². The zero-order valence-corrected chi connectivity index (χ0v) is 12.3. The highest BCUT2D eigenvalue weighted by Crippen LogP contribution is 2.35. The molecule has 2 rings (SSSR count). The molecule has 1 aliphatic rings. The number of hydrogen-bond donors (Lipinski definition) is 1. The summed E-state index contributed by atoms with van der Waals surface area (Å²) in [6.07, 6.45) is 4.06. The molecule has 0 saturated carbocycles. The minimum Gasteiger partial charge on any atom is -0.490 e. The van der Waals surface area contributed by atoms with Crippen LogP contribution in [0, 0.1) is 5.41 Å². The van der Waals surface area contributed by atoms with E-state index in [-0.39, 0.29) is 0 Å². The molecule has 1 unspecified atom stereocenters. The second-order valence-corrected chi connectivity index (χ2v) is 5.69. The average Bonchev–Trinajstić information content (AvgIpc) is 2.79. The molecule has 1 atom stereocenters. The van der Waals surface area contributed by atoms with Crippen LogP contribution in [-0.4, -0.2) is 38.3 Å². The largest absolute Gasteiger partial charge is 0.490 e. The highest BCUT2D eigenvalue weighted by molar-refractivity contribution is 5.53. The third kappa shape index (κ3) is 3.38. The van der Waals surface area contributed by atoms with Gasteiger partial charge in [0, 0.05) is 25.8 Å². The van der Waals surface area contributed by atoms with Crippen LogP contribution in [0.5, 0.6) is 5.75 Å². The van der Waals surface area contributed by atoms with Gasteiger partial charge in [-0.25, -0.2) is 4.98 Å². The Balaban J connectivity index is 2.10. The molecule has 1 aromatic rings. The summed E-state index contributed by atoms with van der Waals surface area (Å²) in [4.78, 5) is 6.87. The number of nitrogens with zero attached hydrogens (tertiary/aromatic N) is 2. The Morgan fingerprint density at radius 1 is 1.53 bits per heavy atom. The minimum absolute atomic E-state index is 0.328. The molecule has 0 radical (unpaired) electrons. The zero-order chi connectivity index (χ0) is 13.7. The van der Waals surface area contributed by atoms with E-state index in [4.69, 9.17) is 4.74 Å². The molecule has 1 saturated heterocycles. The van der Waals surface area contributed by atoms with E-state index in [1.165, 1.54) is 6.42 Å². The van der Waals surface area contributed by atoms with Crippen LogP contribution in [0.3, 0.4) is 0 Å². The van der Waals surface area contributed by atoms with E-state index in [1.807, 2.05) is 25.4 Å². The fraction of sp³-hybridized carbons (Fsp3) is 0.667. The summed E-state index contributed by atoms with van der Waals surface area (Å²) >= 11 is 0. The lowest BCUT2D eigenvalue weighted by molar-refractivity contribution is 0.316. The van der Waals surface area contributed by atoms with Gasteiger partial charge in [-0.2, -0.15) is 0 Å². The number of ether oxygens (including phenoxy) is 1. The standard InChI is InChI=1S/C15H25N3O/c1-4-10-19-13-6-5-8-17-14(13)18-9-7-15(2,12-18)11-16-3/h5-6,8,16H,4,7,9-12H2,1-3H3. The summed E-state index contributed by atoms with van der Waals surface area (Å²) in [5, 5.41) is 3.29. The molecule has 1 aliphatic heterocycles. The Labute approximate surface area is 116 Å². The van der Waals surface area contributed by atoms with Gasteiger partial charge in [0.15, 0.2) is 11.6 Å². The van der Waals surface area contributed by atoms with Gasteiger partial charge in [-0.05, 0) is 37.4 Å².